The van der Waals surface area contributed by atoms with E-state index in [-0.39, 0.29) is 10.7 Å². The van der Waals surface area contributed by atoms with Gasteiger partial charge in [0.2, 0.25) is 0 Å². The standard InChI is InChI=1S/C13H11NO5S/c1-7(12(17)18)14-11(16)10(20-13(14)19)6-8-2-4-9(15)5-3-8/h2-7,15H,1H3,(H,17,18)/p-1/b10-6-/t7-/m0/s1. The highest BCUT2D eigenvalue weighted by Crippen LogP contribution is 2.33. The Hall–Kier alpha value is -2.28. The third-order valence-electron chi connectivity index (χ3n) is 2.74. The zero-order valence-corrected chi connectivity index (χ0v) is 11.2. The van der Waals surface area contributed by atoms with Gasteiger partial charge in [0.1, 0.15) is 5.75 Å². The third-order valence-corrected chi connectivity index (χ3v) is 3.63. The van der Waals surface area contributed by atoms with Crippen LogP contribution in [-0.2, 0) is 9.59 Å². The molecule has 1 atom stereocenters. The Bertz CT molecular complexity index is 608. The topological polar surface area (TPSA) is 97.7 Å². The second-order valence-electron chi connectivity index (χ2n) is 4.14. The highest BCUT2D eigenvalue weighted by molar-refractivity contribution is 8.18. The summed E-state index contributed by atoms with van der Waals surface area (Å²) in [4.78, 5) is 35.2. The molecule has 0 saturated carbocycles. The van der Waals surface area contributed by atoms with Crippen LogP contribution in [0.4, 0.5) is 4.79 Å². The van der Waals surface area contributed by atoms with Crippen LogP contribution in [0.1, 0.15) is 12.5 Å². The third kappa shape index (κ3) is 2.67. The van der Waals surface area contributed by atoms with Gasteiger partial charge in [-0.25, -0.2) is 0 Å². The number of amides is 2. The number of phenols is 1. The fraction of sp³-hybridized carbons (Fsp3) is 0.154. The summed E-state index contributed by atoms with van der Waals surface area (Å²) in [5.41, 5.74) is 0.620. The fourth-order valence-corrected chi connectivity index (χ4v) is 2.55. The first-order valence-corrected chi connectivity index (χ1v) is 6.49. The van der Waals surface area contributed by atoms with Gasteiger partial charge in [0, 0.05) is 0 Å². The number of thioether (sulfide) groups is 1. The molecule has 1 aromatic carbocycles. The number of benzene rings is 1. The molecule has 1 fully saturated rings. The Morgan fingerprint density at radius 1 is 1.35 bits per heavy atom. The van der Waals surface area contributed by atoms with Gasteiger partial charge in [-0.05, 0) is 42.5 Å². The zero-order chi connectivity index (χ0) is 14.9. The number of hydrogen-bond donors (Lipinski definition) is 1. The van der Waals surface area contributed by atoms with Gasteiger partial charge < -0.3 is 15.0 Å². The van der Waals surface area contributed by atoms with Gasteiger partial charge >= 0.3 is 0 Å². The Labute approximate surface area is 118 Å². The minimum Gasteiger partial charge on any atom is -0.548 e. The molecule has 6 nitrogen and oxygen atoms in total. The van der Waals surface area contributed by atoms with E-state index in [1.54, 1.807) is 12.1 Å². The highest BCUT2D eigenvalue weighted by atomic mass is 32.2. The van der Waals surface area contributed by atoms with Crippen molar-refractivity contribution in [2.75, 3.05) is 0 Å². The SMILES string of the molecule is C[C@@H](C(=O)[O-])N1C(=O)S/C(=C\c2ccc(O)cc2)C1=O. The van der Waals surface area contributed by atoms with Gasteiger partial charge in [-0.3, -0.25) is 14.5 Å². The van der Waals surface area contributed by atoms with Gasteiger partial charge in [0.25, 0.3) is 11.1 Å². The number of aliphatic carboxylic acids is 1. The van der Waals surface area contributed by atoms with Crippen LogP contribution in [0.15, 0.2) is 29.2 Å². The molecule has 7 heteroatoms. The lowest BCUT2D eigenvalue weighted by molar-refractivity contribution is -0.309. The van der Waals surface area contributed by atoms with Crippen LogP contribution >= 0.6 is 11.8 Å². The lowest BCUT2D eigenvalue weighted by Crippen LogP contribution is -2.48. The van der Waals surface area contributed by atoms with Crippen molar-refractivity contribution in [2.45, 2.75) is 13.0 Å². The summed E-state index contributed by atoms with van der Waals surface area (Å²) in [6.45, 7) is 1.22. The molecule has 1 saturated heterocycles. The Balaban J connectivity index is 2.28. The van der Waals surface area contributed by atoms with Crippen molar-refractivity contribution in [3.8, 4) is 5.75 Å². The number of hydrogen-bond acceptors (Lipinski definition) is 6. The zero-order valence-electron chi connectivity index (χ0n) is 10.4. The molecule has 0 unspecified atom stereocenters. The van der Waals surface area contributed by atoms with Crippen LogP contribution < -0.4 is 5.11 Å². The number of rotatable bonds is 3. The first kappa shape index (κ1) is 14.1. The van der Waals surface area contributed by atoms with Crippen LogP contribution in [0.25, 0.3) is 6.08 Å². The maximum Gasteiger partial charge on any atom is 0.294 e. The van der Waals surface area contributed by atoms with Crippen LogP contribution in [0.5, 0.6) is 5.75 Å². The summed E-state index contributed by atoms with van der Waals surface area (Å²) in [6.07, 6.45) is 1.46. The average molecular weight is 292 g/mol. The summed E-state index contributed by atoms with van der Waals surface area (Å²) in [6, 6.07) is 4.73. The molecule has 1 aliphatic heterocycles. The van der Waals surface area contributed by atoms with E-state index in [0.717, 1.165) is 0 Å². The van der Waals surface area contributed by atoms with Crippen LogP contribution in [-0.4, -0.2) is 33.2 Å². The summed E-state index contributed by atoms with van der Waals surface area (Å²) in [7, 11) is 0. The number of carboxylic acid groups (broad SMARTS) is 1. The minimum absolute atomic E-state index is 0.0841. The number of imide groups is 1. The second-order valence-corrected chi connectivity index (χ2v) is 5.13. The summed E-state index contributed by atoms with van der Waals surface area (Å²) in [5.74, 6) is -2.07. The van der Waals surface area contributed by atoms with Crippen molar-refractivity contribution in [3.05, 3.63) is 34.7 Å². The average Bonchev–Trinajstić information content (AvgIpc) is 2.66. The maximum atomic E-state index is 12.0. The van der Waals surface area contributed by atoms with E-state index in [1.165, 1.54) is 25.1 Å². The molecule has 2 amide bonds. The van der Waals surface area contributed by atoms with Gasteiger partial charge in [0.15, 0.2) is 0 Å². The molecule has 0 spiro atoms. The van der Waals surface area contributed by atoms with Crippen molar-refractivity contribution >= 4 is 35.0 Å². The van der Waals surface area contributed by atoms with Crippen LogP contribution in [0.2, 0.25) is 0 Å². The summed E-state index contributed by atoms with van der Waals surface area (Å²) >= 11 is 0.671. The maximum absolute atomic E-state index is 12.0. The van der Waals surface area contributed by atoms with E-state index in [2.05, 4.69) is 0 Å². The van der Waals surface area contributed by atoms with E-state index >= 15 is 0 Å². The van der Waals surface area contributed by atoms with Crippen LogP contribution in [0, 0.1) is 0 Å². The van der Waals surface area contributed by atoms with Crippen molar-refractivity contribution < 1.29 is 24.6 Å². The highest BCUT2D eigenvalue weighted by Gasteiger charge is 2.38. The number of phenolic OH excluding ortho intramolecular Hbond substituents is 1. The molecular formula is C13H10NO5S-. The molecule has 0 aliphatic carbocycles. The lowest BCUT2D eigenvalue weighted by Gasteiger charge is -2.21. The predicted molar refractivity (Wildman–Crippen MR) is 70.4 cm³/mol. The van der Waals surface area contributed by atoms with E-state index in [0.29, 0.717) is 22.2 Å². The molecule has 1 aromatic rings. The molecule has 1 heterocycles. The number of aromatic hydroxyl groups is 1. The van der Waals surface area contributed by atoms with Crippen molar-refractivity contribution in [1.29, 1.82) is 0 Å². The number of carbonyl (C=O) groups excluding carboxylic acids is 3. The Kier molecular flexibility index (Phi) is 3.80. The van der Waals surface area contributed by atoms with Gasteiger partial charge in [-0.15, -0.1) is 0 Å². The molecule has 2 rings (SSSR count). The fourth-order valence-electron chi connectivity index (χ4n) is 1.64. The predicted octanol–water partition coefficient (Wildman–Crippen LogP) is 0.567. The normalized spacial score (nSPS) is 18.6. The molecule has 1 N–H and O–H groups in total. The van der Waals surface area contributed by atoms with Crippen molar-refractivity contribution in [1.82, 2.24) is 4.90 Å². The van der Waals surface area contributed by atoms with Gasteiger partial charge in [-0.2, -0.15) is 0 Å². The smallest absolute Gasteiger partial charge is 0.294 e. The molecule has 20 heavy (non-hydrogen) atoms. The summed E-state index contributed by atoms with van der Waals surface area (Å²) in [5, 5.41) is 19.3. The largest absolute Gasteiger partial charge is 0.548 e. The number of carbonyl (C=O) groups is 3. The molecule has 1 aliphatic rings. The number of nitrogens with zero attached hydrogens (tertiary/aromatic N) is 1. The van der Waals surface area contributed by atoms with E-state index in [9.17, 15) is 19.5 Å². The first-order valence-electron chi connectivity index (χ1n) is 5.67. The number of carboxylic acids is 1. The lowest BCUT2D eigenvalue weighted by atomic mass is 10.2. The first-order chi connectivity index (χ1) is 9.40. The molecule has 104 valence electrons. The second kappa shape index (κ2) is 5.38. The van der Waals surface area contributed by atoms with Crippen molar-refractivity contribution in [3.63, 3.8) is 0 Å². The Morgan fingerprint density at radius 2 is 1.95 bits per heavy atom. The van der Waals surface area contributed by atoms with E-state index < -0.39 is 23.2 Å². The van der Waals surface area contributed by atoms with E-state index in [1.807, 2.05) is 0 Å². The van der Waals surface area contributed by atoms with Gasteiger partial charge in [0.05, 0.1) is 16.9 Å². The quantitative estimate of drug-likeness (QED) is 0.818. The van der Waals surface area contributed by atoms with Gasteiger partial charge in [-0.1, -0.05) is 12.1 Å². The summed E-state index contributed by atoms with van der Waals surface area (Å²) < 4.78 is 0. The molecule has 0 aromatic heterocycles. The van der Waals surface area contributed by atoms with Crippen molar-refractivity contribution in [2.24, 2.45) is 0 Å². The van der Waals surface area contributed by atoms with E-state index in [4.69, 9.17) is 5.11 Å². The molecule has 0 radical (unpaired) electrons. The monoisotopic (exact) mass is 292 g/mol. The Morgan fingerprint density at radius 3 is 2.50 bits per heavy atom. The molecule has 0 bridgehead atoms. The minimum atomic E-state index is -1.49. The molecular weight excluding hydrogens is 282 g/mol. The van der Waals surface area contributed by atoms with Crippen LogP contribution in [0.3, 0.4) is 0 Å².